The van der Waals surface area contributed by atoms with E-state index in [4.69, 9.17) is 0 Å². The summed E-state index contributed by atoms with van der Waals surface area (Å²) in [6.45, 7) is 1.82. The third-order valence-corrected chi connectivity index (χ3v) is 5.79. The van der Waals surface area contributed by atoms with E-state index in [1.165, 1.54) is 6.07 Å². The number of pyridine rings is 1. The number of hydrogen-bond acceptors (Lipinski definition) is 3. The Labute approximate surface area is 202 Å². The van der Waals surface area contributed by atoms with Crippen LogP contribution in [-0.2, 0) is 4.79 Å². The number of anilines is 1. The molecule has 4 rings (SSSR count). The van der Waals surface area contributed by atoms with Crippen molar-refractivity contribution in [2.75, 3.05) is 5.32 Å². The van der Waals surface area contributed by atoms with Crippen LogP contribution in [0.2, 0.25) is 0 Å². The van der Waals surface area contributed by atoms with Crippen LogP contribution >= 0.6 is 0 Å². The number of aryl methyl sites for hydroxylation is 1. The lowest BCUT2D eigenvalue weighted by Gasteiger charge is -2.27. The molecule has 1 heterocycles. The van der Waals surface area contributed by atoms with Gasteiger partial charge in [-0.2, -0.15) is 0 Å². The summed E-state index contributed by atoms with van der Waals surface area (Å²) in [5.41, 5.74) is 4.49. The largest absolute Gasteiger partial charge is 0.465 e. The van der Waals surface area contributed by atoms with Gasteiger partial charge >= 0.3 is 6.09 Å². The van der Waals surface area contributed by atoms with Gasteiger partial charge < -0.3 is 20.7 Å². The normalized spacial score (nSPS) is 11.6. The number of benzene rings is 3. The molecule has 4 N–H and O–H groups in total. The van der Waals surface area contributed by atoms with Crippen molar-refractivity contribution in [1.29, 1.82) is 0 Å². The zero-order valence-electron chi connectivity index (χ0n) is 19.1. The Morgan fingerprint density at radius 1 is 0.800 bits per heavy atom. The van der Waals surface area contributed by atoms with Crippen LogP contribution in [0.5, 0.6) is 0 Å². The lowest BCUT2D eigenvalue weighted by Crippen LogP contribution is -2.47. The summed E-state index contributed by atoms with van der Waals surface area (Å²) < 4.78 is 0. The van der Waals surface area contributed by atoms with Gasteiger partial charge in [-0.3, -0.25) is 9.59 Å². The van der Waals surface area contributed by atoms with E-state index in [1.807, 2.05) is 79.7 Å². The molecule has 3 aromatic carbocycles. The average molecular weight is 468 g/mol. The van der Waals surface area contributed by atoms with E-state index in [1.54, 1.807) is 18.2 Å². The Kier molecular flexibility index (Phi) is 7.07. The zero-order chi connectivity index (χ0) is 24.8. The fourth-order valence-corrected chi connectivity index (χ4v) is 4.18. The number of hydrogen-bond donors (Lipinski definition) is 4. The minimum atomic E-state index is -1.29. The van der Waals surface area contributed by atoms with Crippen molar-refractivity contribution < 1.29 is 14.7 Å². The van der Waals surface area contributed by atoms with Crippen molar-refractivity contribution in [1.82, 2.24) is 10.3 Å². The zero-order valence-corrected chi connectivity index (χ0v) is 19.1. The molecule has 1 aromatic heterocycles. The summed E-state index contributed by atoms with van der Waals surface area (Å²) in [5, 5.41) is 14.8. The van der Waals surface area contributed by atoms with Crippen LogP contribution in [-0.4, -0.2) is 28.1 Å². The highest BCUT2D eigenvalue weighted by Gasteiger charge is 2.32. The van der Waals surface area contributed by atoms with Crippen LogP contribution in [0.3, 0.4) is 0 Å². The summed E-state index contributed by atoms with van der Waals surface area (Å²) >= 11 is 0. The Bertz CT molecular complexity index is 1330. The standard InChI is InChI=1S/C28H25N3O4/c1-18-23(16-17-24(32)29-18)19-12-14-22(15-13-19)30-27(33)26(31-28(34)35)25(20-8-4-2-5-9-20)21-10-6-3-7-11-21/h2-17,25-26,31H,1H3,(H,29,32)(H,30,33)(H,34,35)/t26-/m0/s1. The molecule has 2 amide bonds. The van der Waals surface area contributed by atoms with Crippen LogP contribution in [0.25, 0.3) is 11.1 Å². The van der Waals surface area contributed by atoms with Gasteiger partial charge in [-0.25, -0.2) is 4.79 Å². The number of carboxylic acid groups (broad SMARTS) is 1. The lowest BCUT2D eigenvalue weighted by atomic mass is 9.84. The molecule has 0 saturated carbocycles. The first-order valence-electron chi connectivity index (χ1n) is 11.1. The molecule has 0 fully saturated rings. The van der Waals surface area contributed by atoms with E-state index in [9.17, 15) is 19.5 Å². The first kappa shape index (κ1) is 23.5. The number of aromatic amines is 1. The molecule has 0 aliphatic rings. The first-order valence-corrected chi connectivity index (χ1v) is 11.1. The third-order valence-electron chi connectivity index (χ3n) is 5.79. The summed E-state index contributed by atoms with van der Waals surface area (Å²) in [7, 11) is 0. The van der Waals surface area contributed by atoms with E-state index >= 15 is 0 Å². The van der Waals surface area contributed by atoms with E-state index in [2.05, 4.69) is 15.6 Å². The molecule has 7 heteroatoms. The van der Waals surface area contributed by atoms with Crippen molar-refractivity contribution in [2.45, 2.75) is 18.9 Å². The van der Waals surface area contributed by atoms with Gasteiger partial charge in [0, 0.05) is 28.9 Å². The summed E-state index contributed by atoms with van der Waals surface area (Å²) in [4.78, 5) is 39.4. The number of amides is 2. The van der Waals surface area contributed by atoms with Gasteiger partial charge in [0.1, 0.15) is 6.04 Å². The quantitative estimate of drug-likeness (QED) is 0.314. The molecule has 35 heavy (non-hydrogen) atoms. The van der Waals surface area contributed by atoms with Gasteiger partial charge in [-0.05, 0) is 41.8 Å². The molecule has 0 saturated heterocycles. The molecular weight excluding hydrogens is 442 g/mol. The van der Waals surface area contributed by atoms with Gasteiger partial charge in [-0.15, -0.1) is 0 Å². The molecular formula is C28H25N3O4. The third kappa shape index (κ3) is 5.65. The molecule has 0 bridgehead atoms. The molecule has 0 radical (unpaired) electrons. The summed E-state index contributed by atoms with van der Waals surface area (Å²) in [5.74, 6) is -1.00. The molecule has 1 atom stereocenters. The lowest BCUT2D eigenvalue weighted by molar-refractivity contribution is -0.118. The van der Waals surface area contributed by atoms with Gasteiger partial charge in [0.05, 0.1) is 0 Å². The van der Waals surface area contributed by atoms with Crippen molar-refractivity contribution in [2.24, 2.45) is 0 Å². The molecule has 0 spiro atoms. The Balaban J connectivity index is 1.63. The highest BCUT2D eigenvalue weighted by molar-refractivity contribution is 5.97. The predicted octanol–water partition coefficient (Wildman–Crippen LogP) is 4.76. The molecule has 7 nitrogen and oxygen atoms in total. The Morgan fingerprint density at radius 3 is 1.89 bits per heavy atom. The SMILES string of the molecule is Cc1[nH]c(=O)ccc1-c1ccc(NC(=O)[C@@H](NC(=O)O)C(c2ccccc2)c2ccccc2)cc1. The van der Waals surface area contributed by atoms with E-state index in [-0.39, 0.29) is 5.56 Å². The number of aromatic nitrogens is 1. The second-order valence-corrected chi connectivity index (χ2v) is 8.15. The maximum absolute atomic E-state index is 13.4. The second kappa shape index (κ2) is 10.5. The molecule has 4 aromatic rings. The minimum Gasteiger partial charge on any atom is -0.465 e. The average Bonchev–Trinajstić information content (AvgIpc) is 2.85. The summed E-state index contributed by atoms with van der Waals surface area (Å²) in [6, 6.07) is 28.0. The first-order chi connectivity index (χ1) is 16.9. The predicted molar refractivity (Wildman–Crippen MR) is 136 cm³/mol. The molecule has 176 valence electrons. The number of rotatable bonds is 7. The Morgan fingerprint density at radius 2 is 1.37 bits per heavy atom. The van der Waals surface area contributed by atoms with Crippen molar-refractivity contribution >= 4 is 17.7 Å². The molecule has 0 unspecified atom stereocenters. The van der Waals surface area contributed by atoms with Gasteiger partial charge in [0.2, 0.25) is 11.5 Å². The number of H-pyrrole nitrogens is 1. The minimum absolute atomic E-state index is 0.168. The van der Waals surface area contributed by atoms with E-state index < -0.39 is 24.0 Å². The van der Waals surface area contributed by atoms with Crippen LogP contribution in [0.15, 0.2) is 102 Å². The highest BCUT2D eigenvalue weighted by Crippen LogP contribution is 2.29. The van der Waals surface area contributed by atoms with Gasteiger partial charge in [0.25, 0.3) is 0 Å². The molecule has 0 aliphatic heterocycles. The van der Waals surface area contributed by atoms with E-state index in [0.29, 0.717) is 5.69 Å². The maximum atomic E-state index is 13.4. The highest BCUT2D eigenvalue weighted by atomic mass is 16.4. The smallest absolute Gasteiger partial charge is 0.405 e. The van der Waals surface area contributed by atoms with Crippen LogP contribution in [0.1, 0.15) is 22.7 Å². The molecule has 0 aliphatic carbocycles. The number of carbonyl (C=O) groups is 2. The van der Waals surface area contributed by atoms with Crippen molar-refractivity contribution in [3.8, 4) is 11.1 Å². The van der Waals surface area contributed by atoms with Crippen molar-refractivity contribution in [3.63, 3.8) is 0 Å². The maximum Gasteiger partial charge on any atom is 0.405 e. The fourth-order valence-electron chi connectivity index (χ4n) is 4.18. The van der Waals surface area contributed by atoms with Crippen LogP contribution < -0.4 is 16.2 Å². The topological polar surface area (TPSA) is 111 Å². The number of nitrogens with one attached hydrogen (secondary N) is 3. The Hall–Kier alpha value is -4.65. The van der Waals surface area contributed by atoms with Gasteiger partial charge in [0.15, 0.2) is 0 Å². The second-order valence-electron chi connectivity index (χ2n) is 8.15. The van der Waals surface area contributed by atoms with Crippen LogP contribution in [0.4, 0.5) is 10.5 Å². The van der Waals surface area contributed by atoms with Crippen molar-refractivity contribution in [3.05, 3.63) is 124 Å². The number of carbonyl (C=O) groups excluding carboxylic acids is 1. The van der Waals surface area contributed by atoms with Crippen LogP contribution in [0, 0.1) is 6.92 Å². The van der Waals surface area contributed by atoms with Gasteiger partial charge in [-0.1, -0.05) is 72.8 Å². The summed E-state index contributed by atoms with van der Waals surface area (Å²) in [6.07, 6.45) is -1.29. The van der Waals surface area contributed by atoms with E-state index in [0.717, 1.165) is 27.9 Å². The monoisotopic (exact) mass is 467 g/mol. The fraction of sp³-hybridized carbons (Fsp3) is 0.107.